The third-order valence-corrected chi connectivity index (χ3v) is 2.93. The van der Waals surface area contributed by atoms with Crippen molar-refractivity contribution in [3.05, 3.63) is 24.3 Å². The number of nitrogens with one attached hydrogen (secondary N) is 1. The number of aromatic nitrogens is 2. The summed E-state index contributed by atoms with van der Waals surface area (Å²) in [4.78, 5) is 8.25. The summed E-state index contributed by atoms with van der Waals surface area (Å²) in [5, 5.41) is 12.9. The van der Waals surface area contributed by atoms with E-state index in [4.69, 9.17) is 0 Å². The van der Waals surface area contributed by atoms with Crippen LogP contribution < -0.4 is 5.32 Å². The molecule has 82 valence electrons. The molecule has 1 fully saturated rings. The lowest BCUT2D eigenvalue weighted by molar-refractivity contribution is 0.131. The smallest absolute Gasteiger partial charge is 0.141 e. The van der Waals surface area contributed by atoms with E-state index in [-0.39, 0.29) is 6.10 Å². The number of nitrogens with zero attached hydrogens (tertiary/aromatic N) is 2. The summed E-state index contributed by atoms with van der Waals surface area (Å²) < 4.78 is 0. The Kier molecular flexibility index (Phi) is 3.64. The van der Waals surface area contributed by atoms with Crippen LogP contribution in [0.5, 0.6) is 0 Å². The van der Waals surface area contributed by atoms with Crippen LogP contribution in [-0.4, -0.2) is 27.7 Å². The molecule has 0 saturated heterocycles. The van der Waals surface area contributed by atoms with Crippen molar-refractivity contribution in [2.24, 2.45) is 5.92 Å². The maximum Gasteiger partial charge on any atom is 0.141 e. The van der Waals surface area contributed by atoms with E-state index in [1.165, 1.54) is 0 Å². The second-order valence-electron chi connectivity index (χ2n) is 4.05. The van der Waals surface area contributed by atoms with Crippen molar-refractivity contribution in [1.82, 2.24) is 15.3 Å². The van der Waals surface area contributed by atoms with Crippen LogP contribution in [0.15, 0.2) is 18.5 Å². The standard InChI is InChI=1S/C11H17N3O/c15-10-4-1-3-9(10)7-12-8-11-13-5-2-6-14-11/h2,5-6,9-10,12,15H,1,3-4,7-8H2. The van der Waals surface area contributed by atoms with E-state index in [1.807, 2.05) is 6.07 Å². The minimum absolute atomic E-state index is 0.116. The molecule has 0 bridgehead atoms. The zero-order chi connectivity index (χ0) is 10.5. The normalized spacial score (nSPS) is 25.7. The van der Waals surface area contributed by atoms with Crippen LogP contribution in [0.3, 0.4) is 0 Å². The Balaban J connectivity index is 1.71. The van der Waals surface area contributed by atoms with E-state index in [0.29, 0.717) is 12.5 Å². The van der Waals surface area contributed by atoms with Crippen LogP contribution in [0.2, 0.25) is 0 Å². The zero-order valence-corrected chi connectivity index (χ0v) is 8.76. The summed E-state index contributed by atoms with van der Waals surface area (Å²) in [7, 11) is 0. The molecule has 1 aliphatic carbocycles. The van der Waals surface area contributed by atoms with Gasteiger partial charge in [-0.15, -0.1) is 0 Å². The van der Waals surface area contributed by atoms with Gasteiger partial charge in [0.25, 0.3) is 0 Å². The van der Waals surface area contributed by atoms with Crippen LogP contribution in [0, 0.1) is 5.92 Å². The van der Waals surface area contributed by atoms with E-state index in [9.17, 15) is 5.11 Å². The Morgan fingerprint density at radius 3 is 2.80 bits per heavy atom. The number of hydrogen-bond donors (Lipinski definition) is 2. The molecule has 1 aliphatic rings. The van der Waals surface area contributed by atoms with Crippen molar-refractivity contribution in [2.45, 2.75) is 31.9 Å². The van der Waals surface area contributed by atoms with Crippen LogP contribution in [0.1, 0.15) is 25.1 Å². The van der Waals surface area contributed by atoms with Gasteiger partial charge in [0.2, 0.25) is 0 Å². The van der Waals surface area contributed by atoms with Gasteiger partial charge in [0, 0.05) is 18.9 Å². The summed E-state index contributed by atoms with van der Waals surface area (Å²) >= 11 is 0. The predicted molar refractivity (Wildman–Crippen MR) is 57.1 cm³/mol. The highest BCUT2D eigenvalue weighted by molar-refractivity contribution is 4.88. The molecule has 4 nitrogen and oxygen atoms in total. The average Bonchev–Trinajstić information content (AvgIpc) is 2.66. The third-order valence-electron chi connectivity index (χ3n) is 2.93. The summed E-state index contributed by atoms with van der Waals surface area (Å²) in [6, 6.07) is 1.81. The summed E-state index contributed by atoms with van der Waals surface area (Å²) in [6.45, 7) is 1.55. The van der Waals surface area contributed by atoms with Crippen molar-refractivity contribution in [3.63, 3.8) is 0 Å². The largest absolute Gasteiger partial charge is 0.393 e. The van der Waals surface area contributed by atoms with Gasteiger partial charge in [0.05, 0.1) is 12.6 Å². The lowest BCUT2D eigenvalue weighted by atomic mass is 10.1. The highest BCUT2D eigenvalue weighted by atomic mass is 16.3. The second kappa shape index (κ2) is 5.19. The van der Waals surface area contributed by atoms with Gasteiger partial charge >= 0.3 is 0 Å². The Morgan fingerprint density at radius 2 is 2.13 bits per heavy atom. The molecule has 2 atom stereocenters. The number of hydrogen-bond acceptors (Lipinski definition) is 4. The van der Waals surface area contributed by atoms with Crippen molar-refractivity contribution in [1.29, 1.82) is 0 Å². The van der Waals surface area contributed by atoms with Gasteiger partial charge in [-0.1, -0.05) is 6.42 Å². The van der Waals surface area contributed by atoms with Crippen molar-refractivity contribution < 1.29 is 5.11 Å². The first-order valence-electron chi connectivity index (χ1n) is 5.51. The molecule has 2 rings (SSSR count). The van der Waals surface area contributed by atoms with Gasteiger partial charge < -0.3 is 10.4 Å². The minimum Gasteiger partial charge on any atom is -0.393 e. The molecule has 0 amide bonds. The topological polar surface area (TPSA) is 58.0 Å². The number of aliphatic hydroxyl groups excluding tert-OH is 1. The Bertz CT molecular complexity index is 291. The Morgan fingerprint density at radius 1 is 1.33 bits per heavy atom. The zero-order valence-electron chi connectivity index (χ0n) is 8.76. The molecule has 0 aliphatic heterocycles. The molecule has 0 aromatic carbocycles. The highest BCUT2D eigenvalue weighted by Gasteiger charge is 2.24. The molecule has 1 aromatic heterocycles. The second-order valence-corrected chi connectivity index (χ2v) is 4.05. The maximum absolute atomic E-state index is 9.61. The van der Waals surface area contributed by atoms with Gasteiger partial charge in [-0.2, -0.15) is 0 Å². The fourth-order valence-electron chi connectivity index (χ4n) is 2.05. The van der Waals surface area contributed by atoms with E-state index in [1.54, 1.807) is 12.4 Å². The van der Waals surface area contributed by atoms with Crippen molar-refractivity contribution >= 4 is 0 Å². The highest BCUT2D eigenvalue weighted by Crippen LogP contribution is 2.24. The van der Waals surface area contributed by atoms with Crippen LogP contribution in [0.4, 0.5) is 0 Å². The SMILES string of the molecule is OC1CCCC1CNCc1ncccn1. The lowest BCUT2D eigenvalue weighted by Crippen LogP contribution is -2.27. The third kappa shape index (κ3) is 2.97. The first-order valence-corrected chi connectivity index (χ1v) is 5.51. The fourth-order valence-corrected chi connectivity index (χ4v) is 2.05. The molecule has 2 unspecified atom stereocenters. The van der Waals surface area contributed by atoms with E-state index in [0.717, 1.165) is 31.6 Å². The molecule has 0 spiro atoms. The Hall–Kier alpha value is -1.00. The number of rotatable bonds is 4. The van der Waals surface area contributed by atoms with Gasteiger partial charge in [-0.3, -0.25) is 0 Å². The Labute approximate surface area is 89.8 Å². The van der Waals surface area contributed by atoms with Gasteiger partial charge in [0.1, 0.15) is 5.82 Å². The molecule has 1 saturated carbocycles. The molecular weight excluding hydrogens is 190 g/mol. The van der Waals surface area contributed by atoms with Crippen LogP contribution >= 0.6 is 0 Å². The first kappa shape index (κ1) is 10.5. The van der Waals surface area contributed by atoms with E-state index >= 15 is 0 Å². The maximum atomic E-state index is 9.61. The van der Waals surface area contributed by atoms with Gasteiger partial charge in [0.15, 0.2) is 0 Å². The minimum atomic E-state index is -0.116. The quantitative estimate of drug-likeness (QED) is 0.764. The number of aliphatic hydroxyl groups is 1. The van der Waals surface area contributed by atoms with Gasteiger partial charge in [-0.05, 0) is 24.8 Å². The van der Waals surface area contributed by atoms with Crippen molar-refractivity contribution in [3.8, 4) is 0 Å². The van der Waals surface area contributed by atoms with Crippen LogP contribution in [-0.2, 0) is 6.54 Å². The van der Waals surface area contributed by atoms with E-state index in [2.05, 4.69) is 15.3 Å². The molecule has 1 heterocycles. The summed E-state index contributed by atoms with van der Waals surface area (Å²) in [5.41, 5.74) is 0. The summed E-state index contributed by atoms with van der Waals surface area (Å²) in [6.07, 6.45) is 6.60. The average molecular weight is 207 g/mol. The monoisotopic (exact) mass is 207 g/mol. The fraction of sp³-hybridized carbons (Fsp3) is 0.636. The molecule has 0 radical (unpaired) electrons. The molecular formula is C11H17N3O. The molecule has 4 heteroatoms. The summed E-state index contributed by atoms with van der Waals surface area (Å²) in [5.74, 6) is 1.22. The van der Waals surface area contributed by atoms with E-state index < -0.39 is 0 Å². The van der Waals surface area contributed by atoms with Crippen LogP contribution in [0.25, 0.3) is 0 Å². The predicted octanol–water partition coefficient (Wildman–Crippen LogP) is 0.727. The van der Waals surface area contributed by atoms with Gasteiger partial charge in [-0.25, -0.2) is 9.97 Å². The first-order chi connectivity index (χ1) is 7.36. The molecule has 15 heavy (non-hydrogen) atoms. The van der Waals surface area contributed by atoms with Crippen molar-refractivity contribution in [2.75, 3.05) is 6.54 Å². The lowest BCUT2D eigenvalue weighted by Gasteiger charge is -2.14. The molecule has 2 N–H and O–H groups in total. The molecule has 1 aromatic rings.